The van der Waals surface area contributed by atoms with E-state index in [0.717, 1.165) is 11.3 Å². The first kappa shape index (κ1) is 6.68. The van der Waals surface area contributed by atoms with E-state index in [4.69, 9.17) is 4.52 Å². The predicted molar refractivity (Wildman–Crippen MR) is 38.6 cm³/mol. The summed E-state index contributed by atoms with van der Waals surface area (Å²) >= 11 is 4.22. The molecule has 0 aliphatic rings. The van der Waals surface area contributed by atoms with Crippen LogP contribution in [0.25, 0.3) is 0 Å². The van der Waals surface area contributed by atoms with E-state index in [1.165, 1.54) is 0 Å². The fourth-order valence-electron chi connectivity index (χ4n) is 0.701. The maximum atomic E-state index is 4.71. The molecule has 3 heteroatoms. The molecule has 0 saturated carbocycles. The molecule has 0 amide bonds. The van der Waals surface area contributed by atoms with Gasteiger partial charge in [-0.05, 0) is 13.8 Å². The van der Waals surface area contributed by atoms with Crippen molar-refractivity contribution < 1.29 is 4.52 Å². The van der Waals surface area contributed by atoms with Gasteiger partial charge < -0.3 is 4.52 Å². The van der Waals surface area contributed by atoms with Crippen LogP contribution < -0.4 is 0 Å². The Labute approximate surface area is 59.6 Å². The Bertz CT molecular complexity index is 195. The number of thiol groups is 1. The lowest BCUT2D eigenvalue weighted by atomic mass is 10.2. The van der Waals surface area contributed by atoms with Crippen molar-refractivity contribution in [1.29, 1.82) is 0 Å². The molecule has 0 fully saturated rings. The van der Waals surface area contributed by atoms with Crippen LogP contribution in [0.4, 0.5) is 0 Å². The van der Waals surface area contributed by atoms with Crippen LogP contribution in [0.5, 0.6) is 0 Å². The van der Waals surface area contributed by atoms with Crippen LogP contribution in [0.2, 0.25) is 0 Å². The molecular formula is C6H9NOS. The maximum Gasteiger partial charge on any atom is 0.128 e. The normalized spacial score (nSPS) is 13.7. The lowest BCUT2D eigenvalue weighted by Crippen LogP contribution is -1.83. The van der Waals surface area contributed by atoms with Crippen molar-refractivity contribution in [3.05, 3.63) is 17.5 Å². The molecule has 2 nitrogen and oxygen atoms in total. The zero-order valence-corrected chi connectivity index (χ0v) is 6.35. The fraction of sp³-hybridized carbons (Fsp3) is 0.500. The molecule has 0 radical (unpaired) electrons. The van der Waals surface area contributed by atoms with Gasteiger partial charge in [0.15, 0.2) is 0 Å². The van der Waals surface area contributed by atoms with E-state index in [-0.39, 0.29) is 5.25 Å². The minimum absolute atomic E-state index is 0.219. The Kier molecular flexibility index (Phi) is 1.81. The number of hydrogen-bond donors (Lipinski definition) is 1. The molecule has 0 aromatic carbocycles. The lowest BCUT2D eigenvalue weighted by Gasteiger charge is -1.96. The average molecular weight is 143 g/mol. The van der Waals surface area contributed by atoms with Gasteiger partial charge in [-0.3, -0.25) is 0 Å². The second-order valence-corrected chi connectivity index (χ2v) is 2.81. The fourth-order valence-corrected chi connectivity index (χ4v) is 0.949. The van der Waals surface area contributed by atoms with Gasteiger partial charge in [-0.15, -0.1) is 0 Å². The quantitative estimate of drug-likeness (QED) is 0.608. The standard InChI is InChI=1S/C6H9NOS/c1-4-6(5(2)9)3-8-7-4/h3,5,9H,1-2H3. The highest BCUT2D eigenvalue weighted by Crippen LogP contribution is 2.20. The molecule has 50 valence electrons. The van der Waals surface area contributed by atoms with Crippen molar-refractivity contribution >= 4 is 12.6 Å². The van der Waals surface area contributed by atoms with Gasteiger partial charge in [0, 0.05) is 10.8 Å². The van der Waals surface area contributed by atoms with Crippen molar-refractivity contribution in [3.63, 3.8) is 0 Å². The summed E-state index contributed by atoms with van der Waals surface area (Å²) in [6.45, 7) is 3.90. The van der Waals surface area contributed by atoms with Gasteiger partial charge in [0.05, 0.1) is 5.69 Å². The molecule has 1 unspecified atom stereocenters. The van der Waals surface area contributed by atoms with Gasteiger partial charge in [0.2, 0.25) is 0 Å². The summed E-state index contributed by atoms with van der Waals surface area (Å²) in [5.41, 5.74) is 2.00. The minimum Gasteiger partial charge on any atom is -0.364 e. The third-order valence-corrected chi connectivity index (χ3v) is 1.52. The molecule has 1 atom stereocenters. The van der Waals surface area contributed by atoms with Gasteiger partial charge in [0.25, 0.3) is 0 Å². The SMILES string of the molecule is Cc1nocc1C(C)S. The van der Waals surface area contributed by atoms with Crippen LogP contribution in [0.15, 0.2) is 10.8 Å². The third-order valence-electron chi connectivity index (χ3n) is 1.24. The van der Waals surface area contributed by atoms with E-state index >= 15 is 0 Å². The van der Waals surface area contributed by atoms with Crippen LogP contribution in [0.1, 0.15) is 23.4 Å². The summed E-state index contributed by atoms with van der Waals surface area (Å²) in [7, 11) is 0. The molecular weight excluding hydrogens is 134 g/mol. The van der Waals surface area contributed by atoms with Gasteiger partial charge in [-0.2, -0.15) is 12.6 Å². The molecule has 0 bridgehead atoms. The Morgan fingerprint density at radius 2 is 2.44 bits per heavy atom. The minimum atomic E-state index is 0.219. The van der Waals surface area contributed by atoms with Gasteiger partial charge in [-0.1, -0.05) is 5.16 Å². The van der Waals surface area contributed by atoms with E-state index < -0.39 is 0 Å². The van der Waals surface area contributed by atoms with Crippen LogP contribution in [-0.2, 0) is 0 Å². The predicted octanol–water partition coefficient (Wildman–Crippen LogP) is 1.97. The van der Waals surface area contributed by atoms with E-state index in [9.17, 15) is 0 Å². The highest BCUT2D eigenvalue weighted by atomic mass is 32.1. The van der Waals surface area contributed by atoms with Crippen molar-refractivity contribution in [2.75, 3.05) is 0 Å². The Balaban J connectivity index is 2.94. The van der Waals surface area contributed by atoms with Crippen LogP contribution >= 0.6 is 12.6 Å². The number of aromatic nitrogens is 1. The first-order valence-corrected chi connectivity index (χ1v) is 3.32. The largest absolute Gasteiger partial charge is 0.364 e. The highest BCUT2D eigenvalue weighted by molar-refractivity contribution is 7.80. The molecule has 9 heavy (non-hydrogen) atoms. The molecule has 0 N–H and O–H groups in total. The van der Waals surface area contributed by atoms with E-state index in [2.05, 4.69) is 17.8 Å². The second-order valence-electron chi connectivity index (χ2n) is 2.03. The smallest absolute Gasteiger partial charge is 0.128 e. The summed E-state index contributed by atoms with van der Waals surface area (Å²) in [4.78, 5) is 0. The van der Waals surface area contributed by atoms with Crippen LogP contribution in [0.3, 0.4) is 0 Å². The molecule has 0 saturated heterocycles. The summed E-state index contributed by atoms with van der Waals surface area (Å²) < 4.78 is 4.71. The zero-order valence-electron chi connectivity index (χ0n) is 5.46. The molecule has 1 rings (SSSR count). The van der Waals surface area contributed by atoms with Gasteiger partial charge >= 0.3 is 0 Å². The van der Waals surface area contributed by atoms with E-state index in [1.54, 1.807) is 6.26 Å². The Hall–Kier alpha value is -0.440. The summed E-state index contributed by atoms with van der Waals surface area (Å²) in [5.74, 6) is 0. The third kappa shape index (κ3) is 1.27. The van der Waals surface area contributed by atoms with Gasteiger partial charge in [0.1, 0.15) is 6.26 Å². The maximum absolute atomic E-state index is 4.71. The molecule has 1 heterocycles. The van der Waals surface area contributed by atoms with Crippen LogP contribution in [-0.4, -0.2) is 5.16 Å². The second kappa shape index (κ2) is 2.43. The van der Waals surface area contributed by atoms with Crippen molar-refractivity contribution in [2.24, 2.45) is 0 Å². The summed E-state index contributed by atoms with van der Waals surface area (Å²) in [6.07, 6.45) is 1.63. The molecule has 0 aliphatic heterocycles. The van der Waals surface area contributed by atoms with Crippen molar-refractivity contribution in [2.45, 2.75) is 19.1 Å². The first-order valence-electron chi connectivity index (χ1n) is 2.80. The van der Waals surface area contributed by atoms with E-state index in [0.29, 0.717) is 0 Å². The summed E-state index contributed by atoms with van der Waals surface area (Å²) in [5, 5.41) is 3.93. The number of aryl methyl sites for hydroxylation is 1. The zero-order chi connectivity index (χ0) is 6.85. The number of nitrogens with zero attached hydrogens (tertiary/aromatic N) is 1. The molecule has 0 spiro atoms. The van der Waals surface area contributed by atoms with Crippen molar-refractivity contribution in [1.82, 2.24) is 5.16 Å². The van der Waals surface area contributed by atoms with Gasteiger partial charge in [-0.25, -0.2) is 0 Å². The Morgan fingerprint density at radius 1 is 1.78 bits per heavy atom. The monoisotopic (exact) mass is 143 g/mol. The number of hydrogen-bond acceptors (Lipinski definition) is 3. The van der Waals surface area contributed by atoms with Crippen LogP contribution in [0, 0.1) is 6.92 Å². The van der Waals surface area contributed by atoms with Crippen molar-refractivity contribution in [3.8, 4) is 0 Å². The first-order chi connectivity index (χ1) is 4.22. The highest BCUT2D eigenvalue weighted by Gasteiger charge is 2.05. The molecule has 0 aliphatic carbocycles. The van der Waals surface area contributed by atoms with E-state index in [1.807, 2.05) is 13.8 Å². The lowest BCUT2D eigenvalue weighted by molar-refractivity contribution is 0.414. The Morgan fingerprint density at radius 3 is 2.67 bits per heavy atom. The molecule has 1 aromatic rings. The average Bonchev–Trinajstić information content (AvgIpc) is 2.13. The number of rotatable bonds is 1. The summed E-state index contributed by atoms with van der Waals surface area (Å²) in [6, 6.07) is 0. The topological polar surface area (TPSA) is 26.0 Å². The molecule has 1 aromatic heterocycles.